The Morgan fingerprint density at radius 1 is 1.14 bits per heavy atom. The zero-order chi connectivity index (χ0) is 16.6. The van der Waals surface area contributed by atoms with Gasteiger partial charge >= 0.3 is 5.97 Å². The molecule has 5 nitrogen and oxygen atoms in total. The molecule has 0 radical (unpaired) electrons. The third-order valence-corrected chi connectivity index (χ3v) is 4.16. The Balaban J connectivity index is 2.46. The van der Waals surface area contributed by atoms with Gasteiger partial charge in [-0.15, -0.1) is 0 Å². The van der Waals surface area contributed by atoms with Gasteiger partial charge in [-0.25, -0.2) is 4.79 Å². The van der Waals surface area contributed by atoms with E-state index in [1.165, 1.54) is 19.2 Å². The lowest BCUT2D eigenvalue weighted by molar-refractivity contribution is -0.145. The summed E-state index contributed by atoms with van der Waals surface area (Å²) in [5, 5.41) is 0.365. The number of hydrogen-bond acceptors (Lipinski definition) is 4. The molecule has 22 heavy (non-hydrogen) atoms. The number of carbonyl (C=O) groups is 3. The van der Waals surface area contributed by atoms with Crippen LogP contribution in [0.15, 0.2) is 12.1 Å². The van der Waals surface area contributed by atoms with Crippen LogP contribution in [0, 0.1) is 5.92 Å². The van der Waals surface area contributed by atoms with Crippen LogP contribution in [0.25, 0.3) is 0 Å². The Kier molecular flexibility index (Phi) is 4.78. The van der Waals surface area contributed by atoms with Crippen molar-refractivity contribution in [2.45, 2.75) is 26.3 Å². The van der Waals surface area contributed by atoms with E-state index >= 15 is 0 Å². The number of halogens is 2. The molecule has 0 fully saturated rings. The summed E-state index contributed by atoms with van der Waals surface area (Å²) in [4.78, 5) is 37.9. The highest BCUT2D eigenvalue weighted by atomic mass is 35.5. The molecule has 0 bridgehead atoms. The molecule has 1 atom stereocenters. The van der Waals surface area contributed by atoms with Gasteiger partial charge in [-0.1, -0.05) is 37.0 Å². The highest BCUT2D eigenvalue weighted by molar-refractivity contribution is 6.43. The first-order chi connectivity index (χ1) is 10.3. The molecule has 1 aliphatic rings. The molecule has 1 aromatic carbocycles. The van der Waals surface area contributed by atoms with E-state index in [1.807, 2.05) is 13.8 Å². The van der Waals surface area contributed by atoms with Gasteiger partial charge in [0, 0.05) is 0 Å². The zero-order valence-electron chi connectivity index (χ0n) is 12.4. The van der Waals surface area contributed by atoms with Crippen molar-refractivity contribution in [2.24, 2.45) is 5.92 Å². The minimum Gasteiger partial charge on any atom is -0.467 e. The van der Waals surface area contributed by atoms with Crippen LogP contribution in [0.1, 0.15) is 41.0 Å². The number of imide groups is 1. The number of ether oxygens (including phenoxy) is 1. The lowest BCUT2D eigenvalue weighted by Crippen LogP contribution is -2.46. The van der Waals surface area contributed by atoms with Gasteiger partial charge in [0.2, 0.25) is 0 Å². The van der Waals surface area contributed by atoms with Gasteiger partial charge in [0.25, 0.3) is 11.8 Å². The van der Waals surface area contributed by atoms with Crippen molar-refractivity contribution in [3.8, 4) is 0 Å². The van der Waals surface area contributed by atoms with E-state index in [0.717, 1.165) is 4.90 Å². The second-order valence-corrected chi connectivity index (χ2v) is 6.28. The van der Waals surface area contributed by atoms with E-state index in [2.05, 4.69) is 0 Å². The second kappa shape index (κ2) is 6.26. The molecular formula is C15H15Cl2NO4. The first-order valence-corrected chi connectivity index (χ1v) is 7.48. The van der Waals surface area contributed by atoms with Gasteiger partial charge in [0.05, 0.1) is 28.3 Å². The van der Waals surface area contributed by atoms with Crippen LogP contribution in [-0.2, 0) is 9.53 Å². The molecule has 118 valence electrons. The number of hydrogen-bond donors (Lipinski definition) is 0. The van der Waals surface area contributed by atoms with E-state index in [4.69, 9.17) is 27.9 Å². The molecule has 1 aromatic rings. The molecule has 0 aliphatic carbocycles. The highest BCUT2D eigenvalue weighted by Crippen LogP contribution is 2.33. The Bertz CT molecular complexity index is 616. The predicted octanol–water partition coefficient (Wildman–Crippen LogP) is 3.18. The molecule has 2 rings (SSSR count). The largest absolute Gasteiger partial charge is 0.467 e. The van der Waals surface area contributed by atoms with Gasteiger partial charge in [-0.05, 0) is 24.5 Å². The molecule has 1 heterocycles. The van der Waals surface area contributed by atoms with Crippen LogP contribution < -0.4 is 0 Å². The number of rotatable bonds is 4. The molecular weight excluding hydrogens is 329 g/mol. The van der Waals surface area contributed by atoms with E-state index in [1.54, 1.807) is 0 Å². The monoisotopic (exact) mass is 343 g/mol. The van der Waals surface area contributed by atoms with Crippen molar-refractivity contribution in [1.82, 2.24) is 4.90 Å². The van der Waals surface area contributed by atoms with E-state index < -0.39 is 23.8 Å². The molecule has 2 amide bonds. The normalized spacial score (nSPS) is 15.3. The average molecular weight is 344 g/mol. The van der Waals surface area contributed by atoms with Gasteiger partial charge < -0.3 is 4.74 Å². The Hall–Kier alpha value is -1.59. The summed E-state index contributed by atoms with van der Waals surface area (Å²) in [5.74, 6) is -1.65. The number of fused-ring (bicyclic) bond motifs is 1. The van der Waals surface area contributed by atoms with Crippen LogP contribution in [0.4, 0.5) is 0 Å². The average Bonchev–Trinajstić information content (AvgIpc) is 2.68. The van der Waals surface area contributed by atoms with E-state index in [-0.39, 0.29) is 27.1 Å². The summed E-state index contributed by atoms with van der Waals surface area (Å²) in [6, 6.07) is 1.74. The summed E-state index contributed by atoms with van der Waals surface area (Å²) >= 11 is 11.8. The summed E-state index contributed by atoms with van der Waals surface area (Å²) in [6.07, 6.45) is 0.319. The minimum absolute atomic E-state index is 0.0978. The van der Waals surface area contributed by atoms with Crippen molar-refractivity contribution < 1.29 is 19.1 Å². The van der Waals surface area contributed by atoms with Gasteiger partial charge in [0.15, 0.2) is 0 Å². The van der Waals surface area contributed by atoms with E-state index in [0.29, 0.717) is 6.42 Å². The fraction of sp³-hybridized carbons (Fsp3) is 0.400. The van der Waals surface area contributed by atoms with Gasteiger partial charge in [-0.2, -0.15) is 0 Å². The van der Waals surface area contributed by atoms with Crippen LogP contribution in [0.5, 0.6) is 0 Å². The molecule has 7 heteroatoms. The summed E-state index contributed by atoms with van der Waals surface area (Å²) in [6.45, 7) is 3.78. The van der Waals surface area contributed by atoms with Gasteiger partial charge in [-0.3, -0.25) is 14.5 Å². The standard InChI is InChI=1S/C15H15Cl2NO4/c1-7(2)4-12(15(21)22-3)18-13(19)8-5-10(16)11(17)6-9(8)14(18)20/h5-7,12H,4H2,1-3H3/t12-/m1/s1. The summed E-state index contributed by atoms with van der Waals surface area (Å²) in [5.41, 5.74) is 0.300. The fourth-order valence-electron chi connectivity index (χ4n) is 2.43. The topological polar surface area (TPSA) is 63.7 Å². The maximum atomic E-state index is 12.5. The van der Waals surface area contributed by atoms with Crippen molar-refractivity contribution in [2.75, 3.05) is 7.11 Å². The van der Waals surface area contributed by atoms with E-state index in [9.17, 15) is 14.4 Å². The van der Waals surface area contributed by atoms with Crippen molar-refractivity contribution >= 4 is 41.0 Å². The molecule has 0 aromatic heterocycles. The van der Waals surface area contributed by atoms with Crippen molar-refractivity contribution in [1.29, 1.82) is 0 Å². The third kappa shape index (κ3) is 2.83. The highest BCUT2D eigenvalue weighted by Gasteiger charge is 2.43. The van der Waals surface area contributed by atoms with Gasteiger partial charge in [0.1, 0.15) is 6.04 Å². The van der Waals surface area contributed by atoms with Crippen molar-refractivity contribution in [3.05, 3.63) is 33.3 Å². The Labute approximate surface area is 138 Å². The number of carbonyl (C=O) groups excluding carboxylic acids is 3. The lowest BCUT2D eigenvalue weighted by atomic mass is 10.0. The molecule has 1 aliphatic heterocycles. The number of amides is 2. The fourth-order valence-corrected chi connectivity index (χ4v) is 2.75. The van der Waals surface area contributed by atoms with Crippen LogP contribution in [0.2, 0.25) is 10.0 Å². The summed E-state index contributed by atoms with van der Waals surface area (Å²) in [7, 11) is 1.22. The first-order valence-electron chi connectivity index (χ1n) is 6.72. The van der Waals surface area contributed by atoms with Crippen LogP contribution in [-0.4, -0.2) is 35.8 Å². The number of esters is 1. The SMILES string of the molecule is COC(=O)[C@@H](CC(C)C)N1C(=O)c2cc(Cl)c(Cl)cc2C1=O. The Morgan fingerprint density at radius 2 is 1.59 bits per heavy atom. The maximum Gasteiger partial charge on any atom is 0.329 e. The quantitative estimate of drug-likeness (QED) is 0.622. The molecule has 0 spiro atoms. The number of benzene rings is 1. The molecule has 0 unspecified atom stereocenters. The Morgan fingerprint density at radius 3 is 1.95 bits per heavy atom. The van der Waals surface area contributed by atoms with Crippen LogP contribution in [0.3, 0.4) is 0 Å². The maximum absolute atomic E-state index is 12.5. The molecule has 0 saturated carbocycles. The van der Waals surface area contributed by atoms with Crippen LogP contribution >= 0.6 is 23.2 Å². The lowest BCUT2D eigenvalue weighted by Gasteiger charge is -2.25. The smallest absolute Gasteiger partial charge is 0.329 e. The molecule has 0 saturated heterocycles. The zero-order valence-corrected chi connectivity index (χ0v) is 13.9. The molecule has 0 N–H and O–H groups in total. The number of nitrogens with zero attached hydrogens (tertiary/aromatic N) is 1. The predicted molar refractivity (Wildman–Crippen MR) is 82.2 cm³/mol. The third-order valence-electron chi connectivity index (χ3n) is 3.44. The first kappa shape index (κ1) is 16.8. The second-order valence-electron chi connectivity index (χ2n) is 5.46. The minimum atomic E-state index is -0.963. The van der Waals surface area contributed by atoms with Crippen molar-refractivity contribution in [3.63, 3.8) is 0 Å². The summed E-state index contributed by atoms with van der Waals surface area (Å²) < 4.78 is 4.73. The number of methoxy groups -OCH3 is 1.